The molecule has 0 aliphatic heterocycles. The van der Waals surface area contributed by atoms with E-state index in [4.69, 9.17) is 17.2 Å². The first kappa shape index (κ1) is 12.2. The molecule has 0 spiro atoms. The highest BCUT2D eigenvalue weighted by molar-refractivity contribution is 7.80. The van der Waals surface area contributed by atoms with Crippen LogP contribution in [-0.4, -0.2) is 11.9 Å². The molecule has 0 aromatic heterocycles. The zero-order valence-electron chi connectivity index (χ0n) is 7.98. The zero-order chi connectivity index (χ0) is 12.3. The highest BCUT2D eigenvalue weighted by Gasteiger charge is 2.08. The smallest absolute Gasteiger partial charge is 0.223 e. The maximum atomic E-state index is 13.2. The Hall–Kier alpha value is -1.83. The van der Waals surface area contributed by atoms with Crippen LogP contribution in [0.2, 0.25) is 0 Å². The summed E-state index contributed by atoms with van der Waals surface area (Å²) in [6.45, 7) is 0. The zero-order valence-corrected chi connectivity index (χ0v) is 8.88. The monoisotopic (exact) mass is 245 g/mol. The van der Waals surface area contributed by atoms with Gasteiger partial charge in [0.25, 0.3) is 0 Å². The van der Waals surface area contributed by atoms with Crippen molar-refractivity contribution in [2.24, 2.45) is 27.2 Å². The Morgan fingerprint density at radius 2 is 1.81 bits per heavy atom. The molecule has 0 saturated carbocycles. The number of aliphatic imine (C=N–C) groups is 2. The highest BCUT2D eigenvalue weighted by atomic mass is 32.1. The molecule has 1 aromatic rings. The number of rotatable bonds is 1. The van der Waals surface area contributed by atoms with Gasteiger partial charge < -0.3 is 17.2 Å². The maximum absolute atomic E-state index is 13.2. The summed E-state index contributed by atoms with van der Waals surface area (Å²) in [5.74, 6) is -2.33. The van der Waals surface area contributed by atoms with Gasteiger partial charge in [-0.05, 0) is 6.07 Å². The van der Waals surface area contributed by atoms with Crippen LogP contribution in [0.15, 0.2) is 27.0 Å². The second kappa shape index (κ2) is 4.79. The predicted octanol–water partition coefficient (Wildman–Crippen LogP) is 0.473. The number of hydrogen-bond acceptors (Lipinski definition) is 2. The van der Waals surface area contributed by atoms with Crippen molar-refractivity contribution in [1.29, 1.82) is 0 Å². The summed E-state index contributed by atoms with van der Waals surface area (Å²) in [5, 5.41) is 0. The summed E-state index contributed by atoms with van der Waals surface area (Å²) >= 11 is 3.85. The van der Waals surface area contributed by atoms with E-state index in [2.05, 4.69) is 22.6 Å². The van der Waals surface area contributed by atoms with Crippen LogP contribution in [0.5, 0.6) is 0 Å². The van der Waals surface area contributed by atoms with Crippen molar-refractivity contribution in [1.82, 2.24) is 0 Å². The molecule has 0 heterocycles. The van der Waals surface area contributed by atoms with Crippen molar-refractivity contribution >= 4 is 30.2 Å². The van der Waals surface area contributed by atoms with E-state index in [0.717, 1.165) is 6.07 Å². The van der Waals surface area contributed by atoms with Crippen LogP contribution in [0, 0.1) is 11.6 Å². The fourth-order valence-corrected chi connectivity index (χ4v) is 1.22. The van der Waals surface area contributed by atoms with Gasteiger partial charge in [-0.15, -0.1) is 12.6 Å². The summed E-state index contributed by atoms with van der Waals surface area (Å²) in [7, 11) is 0. The quantitative estimate of drug-likeness (QED) is 0.328. The Morgan fingerprint density at radius 3 is 2.31 bits per heavy atom. The van der Waals surface area contributed by atoms with Crippen molar-refractivity contribution in [3.05, 3.63) is 23.8 Å². The standard InChI is InChI=1S/C8H9F2N5S/c9-3-1-4(10)6(5(16)2-3)14-8(13)15-7(11)12/h1-2,16H,(H6,11,12,13,14,15). The lowest BCUT2D eigenvalue weighted by Gasteiger charge is -2.02. The lowest BCUT2D eigenvalue weighted by molar-refractivity contribution is 0.579. The van der Waals surface area contributed by atoms with E-state index < -0.39 is 11.6 Å². The Kier molecular flexibility index (Phi) is 3.67. The van der Waals surface area contributed by atoms with Gasteiger partial charge >= 0.3 is 0 Å². The molecule has 6 N–H and O–H groups in total. The molecule has 0 aliphatic carbocycles. The van der Waals surface area contributed by atoms with Gasteiger partial charge in [-0.2, -0.15) is 4.99 Å². The largest absolute Gasteiger partial charge is 0.370 e. The molecule has 1 aromatic carbocycles. The van der Waals surface area contributed by atoms with Crippen LogP contribution in [0.25, 0.3) is 0 Å². The molecule has 1 rings (SSSR count). The molecule has 0 unspecified atom stereocenters. The normalized spacial score (nSPS) is 11.3. The summed E-state index contributed by atoms with van der Waals surface area (Å²) in [6.07, 6.45) is 0. The van der Waals surface area contributed by atoms with E-state index in [-0.39, 0.29) is 22.5 Å². The Balaban J connectivity index is 3.20. The molecular formula is C8H9F2N5S. The van der Waals surface area contributed by atoms with Crippen molar-refractivity contribution in [2.75, 3.05) is 0 Å². The average Bonchev–Trinajstić information content (AvgIpc) is 2.09. The maximum Gasteiger partial charge on any atom is 0.223 e. The number of nitrogens with zero attached hydrogens (tertiary/aromatic N) is 2. The van der Waals surface area contributed by atoms with Crippen LogP contribution >= 0.6 is 12.6 Å². The van der Waals surface area contributed by atoms with Gasteiger partial charge in [0.15, 0.2) is 11.8 Å². The molecule has 86 valence electrons. The molecule has 0 amide bonds. The average molecular weight is 245 g/mol. The fourth-order valence-electron chi connectivity index (χ4n) is 0.935. The van der Waals surface area contributed by atoms with E-state index >= 15 is 0 Å². The Morgan fingerprint density at radius 1 is 1.19 bits per heavy atom. The van der Waals surface area contributed by atoms with E-state index in [9.17, 15) is 8.78 Å². The van der Waals surface area contributed by atoms with Crippen LogP contribution in [0.3, 0.4) is 0 Å². The molecule has 0 saturated heterocycles. The third kappa shape index (κ3) is 3.09. The van der Waals surface area contributed by atoms with Crippen molar-refractivity contribution in [2.45, 2.75) is 4.90 Å². The van der Waals surface area contributed by atoms with Gasteiger partial charge in [-0.3, -0.25) is 0 Å². The van der Waals surface area contributed by atoms with Gasteiger partial charge in [-0.25, -0.2) is 13.8 Å². The number of thiol groups is 1. The summed E-state index contributed by atoms with van der Waals surface area (Å²) in [6, 6.07) is 1.65. The molecular weight excluding hydrogens is 236 g/mol. The third-order valence-corrected chi connectivity index (χ3v) is 1.82. The van der Waals surface area contributed by atoms with Crippen molar-refractivity contribution in [3.8, 4) is 0 Å². The SMILES string of the molecule is NC(N)=NC(N)=Nc1c(F)cc(F)cc1S. The van der Waals surface area contributed by atoms with Crippen LogP contribution < -0.4 is 17.2 Å². The molecule has 0 aliphatic rings. The van der Waals surface area contributed by atoms with Gasteiger partial charge in [0.05, 0.1) is 0 Å². The molecule has 0 radical (unpaired) electrons. The first-order chi connectivity index (χ1) is 7.40. The Labute approximate surface area is 95.5 Å². The highest BCUT2D eigenvalue weighted by Crippen LogP contribution is 2.27. The van der Waals surface area contributed by atoms with E-state index in [1.807, 2.05) is 0 Å². The second-order valence-electron chi connectivity index (χ2n) is 2.76. The van der Waals surface area contributed by atoms with Crippen molar-refractivity contribution in [3.63, 3.8) is 0 Å². The minimum atomic E-state index is -0.904. The number of nitrogens with two attached hydrogens (primary N) is 3. The first-order valence-corrected chi connectivity index (χ1v) is 4.46. The summed E-state index contributed by atoms with van der Waals surface area (Å²) < 4.78 is 26.0. The number of hydrogen-bond donors (Lipinski definition) is 4. The van der Waals surface area contributed by atoms with Gasteiger partial charge in [-0.1, -0.05) is 0 Å². The lowest BCUT2D eigenvalue weighted by Crippen LogP contribution is -2.26. The molecule has 16 heavy (non-hydrogen) atoms. The number of guanidine groups is 2. The number of halogens is 2. The van der Waals surface area contributed by atoms with Gasteiger partial charge in [0.1, 0.15) is 11.5 Å². The fraction of sp³-hybridized carbons (Fsp3) is 0. The van der Waals surface area contributed by atoms with E-state index in [1.54, 1.807) is 0 Å². The lowest BCUT2D eigenvalue weighted by atomic mass is 10.3. The van der Waals surface area contributed by atoms with Gasteiger partial charge in [0, 0.05) is 11.0 Å². The molecule has 0 bridgehead atoms. The summed E-state index contributed by atoms with van der Waals surface area (Å²) in [5.41, 5.74) is 15.1. The van der Waals surface area contributed by atoms with Crippen LogP contribution in [0.1, 0.15) is 0 Å². The molecule has 0 fully saturated rings. The summed E-state index contributed by atoms with van der Waals surface area (Å²) in [4.78, 5) is 6.94. The number of benzene rings is 1. The minimum Gasteiger partial charge on any atom is -0.370 e. The van der Waals surface area contributed by atoms with Crippen LogP contribution in [-0.2, 0) is 0 Å². The molecule has 0 atom stereocenters. The van der Waals surface area contributed by atoms with E-state index in [0.29, 0.717) is 6.07 Å². The van der Waals surface area contributed by atoms with E-state index in [1.165, 1.54) is 0 Å². The van der Waals surface area contributed by atoms with Gasteiger partial charge in [0.2, 0.25) is 5.96 Å². The predicted molar refractivity (Wildman–Crippen MR) is 60.7 cm³/mol. The van der Waals surface area contributed by atoms with Crippen molar-refractivity contribution < 1.29 is 8.78 Å². The molecule has 5 nitrogen and oxygen atoms in total. The second-order valence-corrected chi connectivity index (χ2v) is 3.24. The Bertz CT molecular complexity index is 444. The minimum absolute atomic E-state index is 0.00811. The first-order valence-electron chi connectivity index (χ1n) is 4.02. The molecule has 8 heteroatoms. The third-order valence-electron chi connectivity index (χ3n) is 1.48. The topological polar surface area (TPSA) is 103 Å². The van der Waals surface area contributed by atoms with Crippen LogP contribution in [0.4, 0.5) is 14.5 Å².